The molecule has 4 nitrogen and oxygen atoms in total. The van der Waals surface area contributed by atoms with Crippen molar-refractivity contribution in [3.05, 3.63) is 29.3 Å². The molecule has 2 aromatic rings. The van der Waals surface area contributed by atoms with E-state index >= 15 is 0 Å². The minimum Gasteiger partial charge on any atom is -0.353 e. The molecule has 1 aromatic heterocycles. The lowest BCUT2D eigenvalue weighted by molar-refractivity contribution is -0.121. The first-order valence-electron chi connectivity index (χ1n) is 8.03. The van der Waals surface area contributed by atoms with Gasteiger partial charge < -0.3 is 11.1 Å². The minimum atomic E-state index is 0. The maximum atomic E-state index is 11.9. The Morgan fingerprint density at radius 3 is 2.62 bits per heavy atom. The van der Waals surface area contributed by atoms with Crippen molar-refractivity contribution in [2.24, 2.45) is 5.73 Å². The number of nitrogens with two attached hydrogens (primary N) is 1. The molecule has 136 valence electrons. The number of rotatable bonds is 9. The van der Waals surface area contributed by atoms with Crippen LogP contribution >= 0.6 is 36.2 Å². The van der Waals surface area contributed by atoms with Crippen molar-refractivity contribution in [2.45, 2.75) is 51.5 Å². The highest BCUT2D eigenvalue weighted by atomic mass is 35.5. The van der Waals surface area contributed by atoms with Gasteiger partial charge >= 0.3 is 0 Å². The van der Waals surface area contributed by atoms with E-state index < -0.39 is 0 Å². The summed E-state index contributed by atoms with van der Waals surface area (Å²) in [6.07, 6.45) is 5.59. The third-order valence-electron chi connectivity index (χ3n) is 3.58. The number of carbonyl (C=O) groups excluding carboxylic acids is 1. The summed E-state index contributed by atoms with van der Waals surface area (Å²) in [7, 11) is 0. The van der Waals surface area contributed by atoms with Crippen LogP contribution in [-0.4, -0.2) is 23.5 Å². The quantitative estimate of drug-likeness (QED) is 0.632. The highest BCUT2D eigenvalue weighted by molar-refractivity contribution is 7.18. The Hall–Kier alpha value is -0.880. The third kappa shape index (κ3) is 7.79. The second kappa shape index (κ2) is 12.5. The van der Waals surface area contributed by atoms with Gasteiger partial charge in [-0.2, -0.15) is 0 Å². The van der Waals surface area contributed by atoms with Crippen LogP contribution in [0.15, 0.2) is 24.3 Å². The van der Waals surface area contributed by atoms with E-state index in [4.69, 9.17) is 5.73 Å². The summed E-state index contributed by atoms with van der Waals surface area (Å²) in [5.74, 6) is 0.140. The van der Waals surface area contributed by atoms with Gasteiger partial charge in [0.25, 0.3) is 0 Å². The smallest absolute Gasteiger partial charge is 0.220 e. The molecule has 0 bridgehead atoms. The Morgan fingerprint density at radius 1 is 1.21 bits per heavy atom. The van der Waals surface area contributed by atoms with Crippen molar-refractivity contribution in [2.75, 3.05) is 6.54 Å². The Kier molecular flexibility index (Phi) is 12.0. The molecular weight excluding hydrogens is 365 g/mol. The molecule has 2 rings (SSSR count). The molecule has 0 spiro atoms. The second-order valence-corrected chi connectivity index (χ2v) is 6.82. The number of carbonyl (C=O) groups is 1. The summed E-state index contributed by atoms with van der Waals surface area (Å²) in [6, 6.07) is 8.26. The van der Waals surface area contributed by atoms with Crippen LogP contribution in [0, 0.1) is 0 Å². The Balaban J connectivity index is 0.00000264. The Bertz CT molecular complexity index is 573. The first kappa shape index (κ1) is 23.1. The summed E-state index contributed by atoms with van der Waals surface area (Å²) in [5.41, 5.74) is 6.50. The average molecular weight is 392 g/mol. The molecule has 0 fully saturated rings. The summed E-state index contributed by atoms with van der Waals surface area (Å²) < 4.78 is 1.20. The molecule has 1 aromatic carbocycles. The molecule has 1 amide bonds. The first-order valence-corrected chi connectivity index (χ1v) is 8.84. The lowest BCUT2D eigenvalue weighted by Crippen LogP contribution is -2.33. The van der Waals surface area contributed by atoms with Crippen molar-refractivity contribution < 1.29 is 4.79 Å². The van der Waals surface area contributed by atoms with Gasteiger partial charge in [0, 0.05) is 18.9 Å². The molecular formula is C17H27Cl2N3OS. The van der Waals surface area contributed by atoms with Crippen LogP contribution in [0.1, 0.15) is 44.0 Å². The summed E-state index contributed by atoms with van der Waals surface area (Å²) in [6.45, 7) is 2.78. The number of benzene rings is 1. The van der Waals surface area contributed by atoms with Crippen molar-refractivity contribution >= 4 is 52.3 Å². The maximum absolute atomic E-state index is 11.9. The largest absolute Gasteiger partial charge is 0.353 e. The summed E-state index contributed by atoms with van der Waals surface area (Å²) >= 11 is 1.71. The number of hydrogen-bond donors (Lipinski definition) is 2. The van der Waals surface area contributed by atoms with Gasteiger partial charge in [-0.15, -0.1) is 36.2 Å². The second-order valence-electron chi connectivity index (χ2n) is 5.70. The van der Waals surface area contributed by atoms with E-state index in [0.717, 1.165) is 49.2 Å². The molecule has 1 atom stereocenters. The molecule has 1 heterocycles. The molecule has 0 aliphatic rings. The molecule has 0 aliphatic heterocycles. The molecule has 0 saturated carbocycles. The number of unbranched alkanes of at least 4 members (excludes halogenated alkanes) is 3. The highest BCUT2D eigenvalue weighted by Crippen LogP contribution is 2.22. The molecule has 24 heavy (non-hydrogen) atoms. The fraction of sp³-hybridized carbons (Fsp3) is 0.529. The van der Waals surface area contributed by atoms with Crippen LogP contribution in [0.25, 0.3) is 10.2 Å². The van der Waals surface area contributed by atoms with Crippen molar-refractivity contribution in [3.63, 3.8) is 0 Å². The zero-order valence-electron chi connectivity index (χ0n) is 14.0. The highest BCUT2D eigenvalue weighted by Gasteiger charge is 2.11. The average Bonchev–Trinajstić information content (AvgIpc) is 2.88. The number of amides is 1. The predicted octanol–water partition coefficient (Wildman–Crippen LogP) is 4.10. The van der Waals surface area contributed by atoms with E-state index in [0.29, 0.717) is 6.42 Å². The van der Waals surface area contributed by atoms with Crippen molar-refractivity contribution in [1.29, 1.82) is 0 Å². The minimum absolute atomic E-state index is 0. The SMILES string of the molecule is CC(Cc1nc2ccccc2s1)NC(=O)CCCCCCN.Cl.Cl. The van der Waals surface area contributed by atoms with Gasteiger partial charge in [0.15, 0.2) is 0 Å². The van der Waals surface area contributed by atoms with Crippen LogP contribution in [0.2, 0.25) is 0 Å². The fourth-order valence-corrected chi connectivity index (χ4v) is 3.55. The number of hydrogen-bond acceptors (Lipinski definition) is 4. The van der Waals surface area contributed by atoms with Gasteiger partial charge in [0.1, 0.15) is 0 Å². The van der Waals surface area contributed by atoms with Crippen LogP contribution in [0.3, 0.4) is 0 Å². The Labute approximate surface area is 160 Å². The van der Waals surface area contributed by atoms with Crippen LogP contribution < -0.4 is 11.1 Å². The number of fused-ring (bicyclic) bond motifs is 1. The standard InChI is InChI=1S/C17H25N3OS.2ClH/c1-13(19-16(21)10-4-2-3-7-11-18)12-17-20-14-8-5-6-9-15(14)22-17;;/h5-6,8-9,13H,2-4,7,10-12,18H2,1H3,(H,19,21);2*1H. The lowest BCUT2D eigenvalue weighted by atomic mass is 10.1. The number of para-hydroxylation sites is 1. The lowest BCUT2D eigenvalue weighted by Gasteiger charge is -2.12. The predicted molar refractivity (Wildman–Crippen MR) is 108 cm³/mol. The van der Waals surface area contributed by atoms with E-state index in [1.807, 2.05) is 25.1 Å². The number of nitrogens with zero attached hydrogens (tertiary/aromatic N) is 1. The maximum Gasteiger partial charge on any atom is 0.220 e. The van der Waals surface area contributed by atoms with Gasteiger partial charge in [0.2, 0.25) is 5.91 Å². The molecule has 1 unspecified atom stereocenters. The van der Waals surface area contributed by atoms with Crippen molar-refractivity contribution in [3.8, 4) is 0 Å². The number of aromatic nitrogens is 1. The van der Waals surface area contributed by atoms with E-state index in [1.165, 1.54) is 4.70 Å². The van der Waals surface area contributed by atoms with Crippen LogP contribution in [-0.2, 0) is 11.2 Å². The molecule has 0 aliphatic carbocycles. The number of nitrogens with one attached hydrogen (secondary N) is 1. The Morgan fingerprint density at radius 2 is 1.92 bits per heavy atom. The third-order valence-corrected chi connectivity index (χ3v) is 4.64. The van der Waals surface area contributed by atoms with Gasteiger partial charge in [0.05, 0.1) is 15.2 Å². The van der Waals surface area contributed by atoms with Gasteiger partial charge in [-0.1, -0.05) is 25.0 Å². The van der Waals surface area contributed by atoms with Crippen molar-refractivity contribution in [1.82, 2.24) is 10.3 Å². The monoisotopic (exact) mass is 391 g/mol. The van der Waals surface area contributed by atoms with E-state index in [-0.39, 0.29) is 36.8 Å². The topological polar surface area (TPSA) is 68.0 Å². The van der Waals surface area contributed by atoms with Crippen LogP contribution in [0.4, 0.5) is 0 Å². The van der Waals surface area contributed by atoms with Gasteiger partial charge in [-0.25, -0.2) is 4.98 Å². The van der Waals surface area contributed by atoms with E-state index in [2.05, 4.69) is 16.4 Å². The zero-order chi connectivity index (χ0) is 15.8. The molecule has 0 radical (unpaired) electrons. The first-order chi connectivity index (χ1) is 10.7. The van der Waals surface area contributed by atoms with Gasteiger partial charge in [-0.3, -0.25) is 4.79 Å². The summed E-state index contributed by atoms with van der Waals surface area (Å²) in [4.78, 5) is 16.5. The summed E-state index contributed by atoms with van der Waals surface area (Å²) in [5, 5.41) is 4.15. The van der Waals surface area contributed by atoms with E-state index in [1.54, 1.807) is 11.3 Å². The number of halogens is 2. The normalized spacial score (nSPS) is 11.4. The fourth-order valence-electron chi connectivity index (χ4n) is 2.45. The van der Waals surface area contributed by atoms with Gasteiger partial charge in [-0.05, 0) is 38.4 Å². The van der Waals surface area contributed by atoms with E-state index in [9.17, 15) is 4.79 Å². The van der Waals surface area contributed by atoms with Crippen LogP contribution in [0.5, 0.6) is 0 Å². The number of thiazole rings is 1. The zero-order valence-corrected chi connectivity index (χ0v) is 16.4. The molecule has 3 N–H and O–H groups in total. The molecule has 7 heteroatoms. The molecule has 0 saturated heterocycles.